The molecule has 5 heteroatoms. The molecule has 4 rings (SSSR count). The smallest absolute Gasteiger partial charge is 0.261 e. The van der Waals surface area contributed by atoms with Crippen molar-refractivity contribution in [2.24, 2.45) is 0 Å². The molecule has 140 valence electrons. The maximum Gasteiger partial charge on any atom is 0.261 e. The van der Waals surface area contributed by atoms with Crippen LogP contribution in [-0.4, -0.2) is 13.4 Å². The highest BCUT2D eigenvalue weighted by Gasteiger charge is 2.19. The molecule has 0 saturated carbocycles. The van der Waals surface area contributed by atoms with Gasteiger partial charge in [-0.25, -0.2) is 8.42 Å². The van der Waals surface area contributed by atoms with Crippen LogP contribution in [0.1, 0.15) is 45.4 Å². The van der Waals surface area contributed by atoms with Crippen molar-refractivity contribution in [1.82, 2.24) is 4.98 Å². The Hall–Kier alpha value is -2.27. The molecule has 0 fully saturated rings. The highest BCUT2D eigenvalue weighted by molar-refractivity contribution is 7.92. The fourth-order valence-electron chi connectivity index (χ4n) is 3.83. The number of nitrogens with one attached hydrogen (secondary N) is 2. The number of sulfonamides is 1. The van der Waals surface area contributed by atoms with E-state index in [1.54, 1.807) is 12.1 Å². The van der Waals surface area contributed by atoms with E-state index in [-0.39, 0.29) is 2.85 Å². The first-order valence-corrected chi connectivity index (χ1v) is 10.7. The van der Waals surface area contributed by atoms with E-state index in [0.29, 0.717) is 10.6 Å². The number of anilines is 1. The number of aromatic amines is 1. The Bertz CT molecular complexity index is 1060. The van der Waals surface area contributed by atoms with E-state index in [1.807, 2.05) is 37.3 Å². The number of benzene rings is 2. The summed E-state index contributed by atoms with van der Waals surface area (Å²) in [5.41, 5.74) is 5.22. The molecule has 4 nitrogen and oxygen atoms in total. The standard InChI is InChI=1S/C21H24N2O2S.2H2/c1-15-7-6-8-16(13-15)23-26(24,25)17-11-12-21-19(14-17)18-9-4-2-3-5-10-20(18)22-21;;/h6-8,11-14,22-23H,2-5,9-10H2,1H3;2*1H. The van der Waals surface area contributed by atoms with Crippen molar-refractivity contribution in [3.63, 3.8) is 0 Å². The highest BCUT2D eigenvalue weighted by atomic mass is 32.2. The molecule has 0 amide bonds. The van der Waals surface area contributed by atoms with Gasteiger partial charge in [0.2, 0.25) is 0 Å². The summed E-state index contributed by atoms with van der Waals surface area (Å²) >= 11 is 0. The van der Waals surface area contributed by atoms with Gasteiger partial charge in [0.1, 0.15) is 0 Å². The SMILES string of the molecule is Cc1cccc(NS(=O)(=O)c2ccc3[nH]c4c(c3c2)CCCCCC4)c1.[HH].[HH]. The lowest BCUT2D eigenvalue weighted by Crippen LogP contribution is -2.12. The molecular formula is C21H28N2O2S. The molecule has 0 bridgehead atoms. The topological polar surface area (TPSA) is 62.0 Å². The zero-order valence-electron chi connectivity index (χ0n) is 15.0. The van der Waals surface area contributed by atoms with Crippen LogP contribution in [0.3, 0.4) is 0 Å². The number of hydrogen-bond acceptors (Lipinski definition) is 2. The van der Waals surface area contributed by atoms with Crippen LogP contribution in [0.15, 0.2) is 47.4 Å². The predicted octanol–water partition coefficient (Wildman–Crippen LogP) is 5.43. The number of fused-ring (bicyclic) bond motifs is 3. The van der Waals surface area contributed by atoms with E-state index < -0.39 is 10.0 Å². The minimum Gasteiger partial charge on any atom is -0.358 e. The number of H-pyrrole nitrogens is 1. The van der Waals surface area contributed by atoms with Gasteiger partial charge in [0.05, 0.1) is 4.90 Å². The lowest BCUT2D eigenvalue weighted by molar-refractivity contribution is 0.601. The monoisotopic (exact) mass is 372 g/mol. The lowest BCUT2D eigenvalue weighted by atomic mass is 9.97. The van der Waals surface area contributed by atoms with Crippen molar-refractivity contribution in [3.05, 3.63) is 59.3 Å². The van der Waals surface area contributed by atoms with Gasteiger partial charge in [-0.05, 0) is 74.1 Å². The second-order valence-corrected chi connectivity index (χ2v) is 8.86. The third-order valence-electron chi connectivity index (χ3n) is 5.15. The zero-order chi connectivity index (χ0) is 18.1. The van der Waals surface area contributed by atoms with E-state index in [2.05, 4.69) is 9.71 Å². The Morgan fingerprint density at radius 3 is 2.62 bits per heavy atom. The summed E-state index contributed by atoms with van der Waals surface area (Å²) in [5, 5.41) is 1.05. The Kier molecular flexibility index (Phi) is 4.49. The lowest BCUT2D eigenvalue weighted by Gasteiger charge is -2.11. The van der Waals surface area contributed by atoms with Crippen LogP contribution in [-0.2, 0) is 22.9 Å². The Morgan fingerprint density at radius 2 is 1.81 bits per heavy atom. The van der Waals surface area contributed by atoms with Crippen LogP contribution < -0.4 is 4.72 Å². The van der Waals surface area contributed by atoms with E-state index >= 15 is 0 Å². The third-order valence-corrected chi connectivity index (χ3v) is 6.53. The summed E-state index contributed by atoms with van der Waals surface area (Å²) in [5.74, 6) is 0. The highest BCUT2D eigenvalue weighted by Crippen LogP contribution is 2.30. The van der Waals surface area contributed by atoms with Crippen LogP contribution in [0.25, 0.3) is 10.9 Å². The summed E-state index contributed by atoms with van der Waals surface area (Å²) in [6.07, 6.45) is 6.95. The number of hydrogen-bond donors (Lipinski definition) is 2. The summed E-state index contributed by atoms with van der Waals surface area (Å²) in [7, 11) is -3.61. The predicted molar refractivity (Wildman–Crippen MR) is 110 cm³/mol. The van der Waals surface area contributed by atoms with Crippen molar-refractivity contribution < 1.29 is 11.3 Å². The van der Waals surface area contributed by atoms with Gasteiger partial charge in [-0.15, -0.1) is 0 Å². The molecule has 0 aliphatic heterocycles. The number of rotatable bonds is 3. The van der Waals surface area contributed by atoms with Crippen molar-refractivity contribution >= 4 is 26.6 Å². The normalized spacial score (nSPS) is 15.3. The van der Waals surface area contributed by atoms with Crippen LogP contribution in [0.4, 0.5) is 5.69 Å². The van der Waals surface area contributed by atoms with Gasteiger partial charge in [0.15, 0.2) is 0 Å². The van der Waals surface area contributed by atoms with Gasteiger partial charge in [0, 0.05) is 25.1 Å². The maximum absolute atomic E-state index is 12.8. The third kappa shape index (κ3) is 3.36. The average molecular weight is 373 g/mol. The first-order valence-electron chi connectivity index (χ1n) is 9.26. The summed E-state index contributed by atoms with van der Waals surface area (Å²) < 4.78 is 28.4. The van der Waals surface area contributed by atoms with E-state index in [4.69, 9.17) is 0 Å². The van der Waals surface area contributed by atoms with E-state index in [9.17, 15) is 8.42 Å². The molecule has 2 N–H and O–H groups in total. The molecule has 1 heterocycles. The van der Waals surface area contributed by atoms with Gasteiger partial charge in [-0.1, -0.05) is 25.0 Å². The van der Waals surface area contributed by atoms with Crippen LogP contribution in [0.2, 0.25) is 0 Å². The van der Waals surface area contributed by atoms with Crippen molar-refractivity contribution in [2.45, 2.75) is 50.3 Å². The summed E-state index contributed by atoms with van der Waals surface area (Å²) in [6.45, 7) is 1.95. The molecule has 26 heavy (non-hydrogen) atoms. The van der Waals surface area contributed by atoms with Gasteiger partial charge < -0.3 is 4.98 Å². The molecule has 0 radical (unpaired) electrons. The number of aryl methyl sites for hydroxylation is 3. The first kappa shape index (κ1) is 17.2. The van der Waals surface area contributed by atoms with Crippen LogP contribution in [0, 0.1) is 6.92 Å². The fraction of sp³-hybridized carbons (Fsp3) is 0.333. The van der Waals surface area contributed by atoms with Gasteiger partial charge in [-0.3, -0.25) is 4.72 Å². The quantitative estimate of drug-likeness (QED) is 0.644. The molecule has 3 aromatic rings. The molecule has 0 atom stereocenters. The molecule has 1 aliphatic rings. The number of aromatic nitrogens is 1. The molecule has 0 unspecified atom stereocenters. The maximum atomic E-state index is 12.8. The second kappa shape index (κ2) is 6.80. The average Bonchev–Trinajstić information content (AvgIpc) is 2.90. The van der Waals surface area contributed by atoms with Gasteiger partial charge in [0.25, 0.3) is 10.0 Å². The minimum atomic E-state index is -3.61. The molecule has 1 aliphatic carbocycles. The summed E-state index contributed by atoms with van der Waals surface area (Å²) in [4.78, 5) is 3.82. The van der Waals surface area contributed by atoms with E-state index in [0.717, 1.165) is 29.3 Å². The Balaban J connectivity index is 0.00000140. The van der Waals surface area contributed by atoms with Crippen molar-refractivity contribution in [3.8, 4) is 0 Å². The Morgan fingerprint density at radius 1 is 1.00 bits per heavy atom. The fourth-order valence-corrected chi connectivity index (χ4v) is 4.90. The van der Waals surface area contributed by atoms with Gasteiger partial charge in [-0.2, -0.15) is 0 Å². The van der Waals surface area contributed by atoms with Crippen molar-refractivity contribution in [1.29, 1.82) is 0 Å². The van der Waals surface area contributed by atoms with Crippen LogP contribution >= 0.6 is 0 Å². The molecule has 1 aromatic heterocycles. The molecule has 0 spiro atoms. The molecule has 0 saturated heterocycles. The minimum absolute atomic E-state index is 0. The summed E-state index contributed by atoms with van der Waals surface area (Å²) in [6, 6.07) is 12.8. The van der Waals surface area contributed by atoms with Gasteiger partial charge >= 0.3 is 0 Å². The largest absolute Gasteiger partial charge is 0.358 e. The second-order valence-electron chi connectivity index (χ2n) is 7.18. The molecular weight excluding hydrogens is 344 g/mol. The Labute approximate surface area is 157 Å². The molecule has 2 aromatic carbocycles. The van der Waals surface area contributed by atoms with E-state index in [1.165, 1.54) is 36.9 Å². The van der Waals surface area contributed by atoms with Crippen molar-refractivity contribution in [2.75, 3.05) is 4.72 Å². The zero-order valence-corrected chi connectivity index (χ0v) is 15.8. The van der Waals surface area contributed by atoms with Crippen LogP contribution in [0.5, 0.6) is 0 Å². The first-order chi connectivity index (χ1) is 12.5.